The van der Waals surface area contributed by atoms with Gasteiger partial charge in [0.05, 0.1) is 43.8 Å². The van der Waals surface area contributed by atoms with E-state index in [9.17, 15) is 18.0 Å². The molecule has 0 fully saturated rings. The smallest absolute Gasteiger partial charge is 0.264 e. The summed E-state index contributed by atoms with van der Waals surface area (Å²) in [7, 11) is 0.276. The molecule has 0 saturated carbocycles. The second-order valence-corrected chi connectivity index (χ2v) is 11.1. The van der Waals surface area contributed by atoms with Gasteiger partial charge in [0.25, 0.3) is 21.8 Å². The average Bonchev–Trinajstić information content (AvgIpc) is 3.07. The van der Waals surface area contributed by atoms with Crippen LogP contribution >= 0.6 is 0 Å². The van der Waals surface area contributed by atoms with Crippen molar-refractivity contribution < 1.29 is 37.0 Å². The van der Waals surface area contributed by atoms with Crippen molar-refractivity contribution in [2.45, 2.75) is 4.90 Å². The lowest BCUT2D eigenvalue weighted by Crippen LogP contribution is -2.39. The highest BCUT2D eigenvalue weighted by Gasteiger charge is 2.28. The number of hydrogen-bond acceptors (Lipinski definition) is 9. The third kappa shape index (κ3) is 8.51. The Kier molecular flexibility index (Phi) is 11.0. The van der Waals surface area contributed by atoms with E-state index in [2.05, 4.69) is 15.8 Å². The fraction of sp³-hybridized carbons (Fsp3) is 0.156. The Hall–Kier alpha value is -5.56. The van der Waals surface area contributed by atoms with Crippen LogP contribution in [0.5, 0.6) is 23.0 Å². The van der Waals surface area contributed by atoms with Crippen molar-refractivity contribution in [1.82, 2.24) is 5.43 Å². The van der Waals surface area contributed by atoms with Crippen LogP contribution in [0.15, 0.2) is 107 Å². The summed E-state index contributed by atoms with van der Waals surface area (Å²) < 4.78 is 49.4. The highest BCUT2D eigenvalue weighted by molar-refractivity contribution is 7.92. The van der Waals surface area contributed by atoms with Crippen molar-refractivity contribution in [2.24, 2.45) is 5.10 Å². The number of hydrogen-bond donors (Lipinski definition) is 2. The number of ether oxygens (including phenoxy) is 4. The second-order valence-electron chi connectivity index (χ2n) is 9.26. The minimum absolute atomic E-state index is 0.00988. The zero-order chi connectivity index (χ0) is 32.2. The van der Waals surface area contributed by atoms with Crippen LogP contribution < -0.4 is 34.0 Å². The summed E-state index contributed by atoms with van der Waals surface area (Å²) in [6.45, 7) is -0.780. The van der Waals surface area contributed by atoms with E-state index in [0.29, 0.717) is 34.2 Å². The van der Waals surface area contributed by atoms with E-state index in [1.165, 1.54) is 51.8 Å². The van der Waals surface area contributed by atoms with Crippen LogP contribution in [-0.2, 0) is 19.6 Å². The predicted molar refractivity (Wildman–Crippen MR) is 170 cm³/mol. The molecule has 4 rings (SSSR count). The summed E-state index contributed by atoms with van der Waals surface area (Å²) in [6.07, 6.45) is 1.39. The van der Waals surface area contributed by atoms with Gasteiger partial charge in [-0.15, -0.1) is 0 Å². The minimum Gasteiger partial charge on any atom is -0.495 e. The first-order chi connectivity index (χ1) is 21.7. The Morgan fingerprint density at radius 1 is 0.778 bits per heavy atom. The molecule has 234 valence electrons. The Morgan fingerprint density at radius 3 is 2.13 bits per heavy atom. The molecule has 0 radical (unpaired) electrons. The molecule has 12 nitrogen and oxygen atoms in total. The SMILES string of the molecule is COc1ccccc1NC(=O)COc1ccc(/C=N\NC(=O)CN(c2ccc(OC)c(OC)c2)S(=O)(=O)c2ccccc2)cc1. The molecule has 0 aliphatic heterocycles. The average molecular weight is 633 g/mol. The molecule has 4 aromatic rings. The van der Waals surface area contributed by atoms with Gasteiger partial charge in [-0.2, -0.15) is 5.10 Å². The van der Waals surface area contributed by atoms with Gasteiger partial charge in [0.15, 0.2) is 18.1 Å². The Balaban J connectivity index is 1.38. The maximum absolute atomic E-state index is 13.6. The third-order valence-electron chi connectivity index (χ3n) is 6.31. The standard InChI is InChI=1S/C32H32N4O8S/c1-41-28-12-8-7-11-27(28)34-32(38)22-44-25-16-13-23(14-17-25)20-33-35-31(37)21-36(45(39,40)26-9-5-4-6-10-26)24-15-18-29(42-2)30(19-24)43-3/h4-20H,21-22H2,1-3H3,(H,34,38)(H,35,37)/b33-20-. The summed E-state index contributed by atoms with van der Waals surface area (Å²) in [5.74, 6) is 0.646. The Labute approximate surface area is 261 Å². The van der Waals surface area contributed by atoms with E-state index in [1.807, 2.05) is 0 Å². The number of benzene rings is 4. The van der Waals surface area contributed by atoms with Crippen LogP contribution in [0.25, 0.3) is 0 Å². The van der Waals surface area contributed by atoms with Crippen LogP contribution in [0, 0.1) is 0 Å². The van der Waals surface area contributed by atoms with Gasteiger partial charge in [-0.3, -0.25) is 13.9 Å². The van der Waals surface area contributed by atoms with Crippen molar-refractivity contribution in [3.05, 3.63) is 103 Å². The normalized spacial score (nSPS) is 11.0. The molecule has 2 N–H and O–H groups in total. The van der Waals surface area contributed by atoms with E-state index in [4.69, 9.17) is 18.9 Å². The summed E-state index contributed by atoms with van der Waals surface area (Å²) in [5.41, 5.74) is 3.72. The quantitative estimate of drug-likeness (QED) is 0.156. The number of carbonyl (C=O) groups excluding carboxylic acids is 2. The minimum atomic E-state index is -4.13. The number of anilines is 2. The second kappa shape index (κ2) is 15.3. The molecule has 0 spiro atoms. The van der Waals surface area contributed by atoms with Gasteiger partial charge in [0.2, 0.25) is 0 Å². The summed E-state index contributed by atoms with van der Waals surface area (Å²) >= 11 is 0. The summed E-state index contributed by atoms with van der Waals surface area (Å²) in [4.78, 5) is 25.2. The van der Waals surface area contributed by atoms with E-state index in [0.717, 1.165) is 4.31 Å². The van der Waals surface area contributed by atoms with Gasteiger partial charge < -0.3 is 24.3 Å². The molecule has 0 bridgehead atoms. The number of para-hydroxylation sites is 2. The molecule has 4 aromatic carbocycles. The van der Waals surface area contributed by atoms with E-state index < -0.39 is 22.5 Å². The lowest BCUT2D eigenvalue weighted by atomic mass is 10.2. The van der Waals surface area contributed by atoms with Crippen molar-refractivity contribution in [3.63, 3.8) is 0 Å². The highest BCUT2D eigenvalue weighted by atomic mass is 32.2. The molecule has 2 amide bonds. The lowest BCUT2D eigenvalue weighted by molar-refractivity contribution is -0.119. The van der Waals surface area contributed by atoms with Gasteiger partial charge in [0, 0.05) is 6.07 Å². The first-order valence-corrected chi connectivity index (χ1v) is 15.0. The maximum atomic E-state index is 13.6. The van der Waals surface area contributed by atoms with Gasteiger partial charge in [-0.25, -0.2) is 13.8 Å². The maximum Gasteiger partial charge on any atom is 0.264 e. The number of methoxy groups -OCH3 is 3. The number of amides is 2. The zero-order valence-corrected chi connectivity index (χ0v) is 25.6. The molecular weight excluding hydrogens is 600 g/mol. The Bertz CT molecular complexity index is 1750. The fourth-order valence-electron chi connectivity index (χ4n) is 4.09. The third-order valence-corrected chi connectivity index (χ3v) is 8.10. The first-order valence-electron chi connectivity index (χ1n) is 13.5. The molecule has 0 aliphatic carbocycles. The van der Waals surface area contributed by atoms with Gasteiger partial charge >= 0.3 is 0 Å². The number of carbonyl (C=O) groups is 2. The molecule has 0 heterocycles. The Morgan fingerprint density at radius 2 is 1.44 bits per heavy atom. The molecule has 0 aromatic heterocycles. The number of nitrogens with one attached hydrogen (secondary N) is 2. The van der Waals surface area contributed by atoms with Crippen LogP contribution in [0.4, 0.5) is 11.4 Å². The van der Waals surface area contributed by atoms with Gasteiger partial charge in [0.1, 0.15) is 18.0 Å². The molecular formula is C32H32N4O8S. The largest absolute Gasteiger partial charge is 0.495 e. The van der Waals surface area contributed by atoms with Gasteiger partial charge in [-0.1, -0.05) is 30.3 Å². The van der Waals surface area contributed by atoms with Gasteiger partial charge in [-0.05, 0) is 66.2 Å². The van der Waals surface area contributed by atoms with Crippen LogP contribution in [0.1, 0.15) is 5.56 Å². The number of hydrazone groups is 1. The topological polar surface area (TPSA) is 145 Å². The van der Waals surface area contributed by atoms with E-state index in [1.54, 1.807) is 72.8 Å². The van der Waals surface area contributed by atoms with Crippen LogP contribution in [0.2, 0.25) is 0 Å². The molecule has 45 heavy (non-hydrogen) atoms. The molecule has 0 atom stereocenters. The number of sulfonamides is 1. The lowest BCUT2D eigenvalue weighted by Gasteiger charge is -2.24. The van der Waals surface area contributed by atoms with Crippen molar-refractivity contribution in [2.75, 3.05) is 44.1 Å². The summed E-state index contributed by atoms with van der Waals surface area (Å²) in [5, 5.41) is 6.70. The molecule has 13 heteroatoms. The monoisotopic (exact) mass is 632 g/mol. The zero-order valence-electron chi connectivity index (χ0n) is 24.8. The molecule has 0 saturated heterocycles. The van der Waals surface area contributed by atoms with Crippen LogP contribution in [0.3, 0.4) is 0 Å². The molecule has 0 aliphatic rings. The van der Waals surface area contributed by atoms with Crippen LogP contribution in [-0.4, -0.2) is 60.9 Å². The number of nitrogens with zero attached hydrogens (tertiary/aromatic N) is 2. The highest BCUT2D eigenvalue weighted by Crippen LogP contribution is 2.33. The van der Waals surface area contributed by atoms with E-state index in [-0.39, 0.29) is 23.1 Å². The first kappa shape index (κ1) is 32.4. The summed E-state index contributed by atoms with van der Waals surface area (Å²) in [6, 6.07) is 26.0. The number of rotatable bonds is 14. The van der Waals surface area contributed by atoms with Crippen molar-refractivity contribution in [3.8, 4) is 23.0 Å². The fourth-order valence-corrected chi connectivity index (χ4v) is 5.53. The van der Waals surface area contributed by atoms with E-state index >= 15 is 0 Å². The molecule has 0 unspecified atom stereocenters. The van der Waals surface area contributed by atoms with Crippen molar-refractivity contribution in [1.29, 1.82) is 0 Å². The predicted octanol–water partition coefficient (Wildman–Crippen LogP) is 4.08. The van der Waals surface area contributed by atoms with Crippen molar-refractivity contribution >= 4 is 39.4 Å².